The molecule has 164 valence electrons. The second kappa shape index (κ2) is 8.80. The van der Waals surface area contributed by atoms with Crippen LogP contribution in [0.1, 0.15) is 41.5 Å². The third-order valence-corrected chi connectivity index (χ3v) is 6.64. The molecular formula is C24H25N5O2S. The maximum absolute atomic E-state index is 13.3. The number of aryl methyl sites for hydroxylation is 1. The molecule has 1 aliphatic heterocycles. The fourth-order valence-electron chi connectivity index (χ4n) is 4.29. The number of nitrogens with one attached hydrogen (secondary N) is 1. The molecule has 1 unspecified atom stereocenters. The molecule has 4 aromatic rings. The molecule has 1 atom stereocenters. The van der Waals surface area contributed by atoms with Crippen LogP contribution in [0.5, 0.6) is 0 Å². The Balaban J connectivity index is 1.39. The molecule has 5 rings (SSSR count). The van der Waals surface area contributed by atoms with Crippen LogP contribution in [0, 0.1) is 12.8 Å². The molecule has 1 amide bonds. The van der Waals surface area contributed by atoms with Crippen LogP contribution in [-0.4, -0.2) is 39.0 Å². The molecule has 1 fully saturated rings. The van der Waals surface area contributed by atoms with E-state index in [-0.39, 0.29) is 5.91 Å². The predicted molar refractivity (Wildman–Crippen MR) is 126 cm³/mol. The van der Waals surface area contributed by atoms with Crippen molar-refractivity contribution >= 4 is 33.5 Å². The van der Waals surface area contributed by atoms with Crippen LogP contribution >= 0.6 is 11.3 Å². The van der Waals surface area contributed by atoms with Crippen molar-refractivity contribution in [1.82, 2.24) is 20.0 Å². The molecule has 32 heavy (non-hydrogen) atoms. The standard InChI is InChI=1S/C24H25N5O2S/c1-15-7-6-10-29(12-15)13-18-14-32-24(25-18)27-22(30)19-11-20(17-8-4-3-5-9-17)26-23-21(19)16(2)28-31-23/h3-5,8-9,11,14-15H,6-7,10,12-13H2,1-2H3,(H,25,27,30). The molecule has 1 saturated heterocycles. The number of fused-ring (bicyclic) bond motifs is 1. The van der Waals surface area contributed by atoms with Crippen molar-refractivity contribution in [3.63, 3.8) is 0 Å². The van der Waals surface area contributed by atoms with Crippen LogP contribution < -0.4 is 5.32 Å². The highest BCUT2D eigenvalue weighted by atomic mass is 32.1. The van der Waals surface area contributed by atoms with Crippen molar-refractivity contribution in [3.05, 3.63) is 58.7 Å². The van der Waals surface area contributed by atoms with Gasteiger partial charge in [0.1, 0.15) is 0 Å². The topological polar surface area (TPSA) is 84.1 Å². The molecule has 0 bridgehead atoms. The lowest BCUT2D eigenvalue weighted by molar-refractivity contribution is 0.102. The number of hydrogen-bond donors (Lipinski definition) is 1. The summed E-state index contributed by atoms with van der Waals surface area (Å²) in [5, 5.41) is 10.2. The van der Waals surface area contributed by atoms with Crippen LogP contribution in [0.3, 0.4) is 0 Å². The van der Waals surface area contributed by atoms with E-state index in [0.717, 1.165) is 36.8 Å². The Kier molecular flexibility index (Phi) is 5.71. The molecule has 1 N–H and O–H groups in total. The van der Waals surface area contributed by atoms with E-state index in [0.29, 0.717) is 33.2 Å². The Morgan fingerprint density at radius 3 is 2.94 bits per heavy atom. The number of hydrogen-bond acceptors (Lipinski definition) is 7. The molecule has 8 heteroatoms. The summed E-state index contributed by atoms with van der Waals surface area (Å²) in [5.41, 5.74) is 4.03. The van der Waals surface area contributed by atoms with Gasteiger partial charge in [0.2, 0.25) is 0 Å². The minimum absolute atomic E-state index is 0.242. The van der Waals surface area contributed by atoms with Gasteiger partial charge in [0.05, 0.1) is 28.0 Å². The van der Waals surface area contributed by atoms with Gasteiger partial charge < -0.3 is 4.52 Å². The van der Waals surface area contributed by atoms with Gasteiger partial charge in [0.15, 0.2) is 5.13 Å². The lowest BCUT2D eigenvalue weighted by Gasteiger charge is -2.30. The molecule has 3 aromatic heterocycles. The second-order valence-corrected chi connectivity index (χ2v) is 9.31. The second-order valence-electron chi connectivity index (χ2n) is 8.45. The van der Waals surface area contributed by atoms with Gasteiger partial charge in [-0.3, -0.25) is 15.0 Å². The van der Waals surface area contributed by atoms with E-state index in [1.165, 1.54) is 24.2 Å². The summed E-state index contributed by atoms with van der Waals surface area (Å²) in [6.07, 6.45) is 2.53. The Bertz CT molecular complexity index is 1250. The summed E-state index contributed by atoms with van der Waals surface area (Å²) in [5.74, 6) is 0.481. The summed E-state index contributed by atoms with van der Waals surface area (Å²) in [4.78, 5) is 24.9. The van der Waals surface area contributed by atoms with Crippen molar-refractivity contribution in [2.24, 2.45) is 5.92 Å². The van der Waals surface area contributed by atoms with Crippen LogP contribution in [0.2, 0.25) is 0 Å². The zero-order valence-electron chi connectivity index (χ0n) is 18.2. The van der Waals surface area contributed by atoms with Crippen LogP contribution in [0.15, 0.2) is 46.3 Å². The van der Waals surface area contributed by atoms with Gasteiger partial charge in [0, 0.05) is 24.0 Å². The first-order valence-corrected chi connectivity index (χ1v) is 11.8. The minimum Gasteiger partial charge on any atom is -0.335 e. The third-order valence-electron chi connectivity index (χ3n) is 5.83. The molecule has 1 aromatic carbocycles. The molecule has 1 aliphatic rings. The van der Waals surface area contributed by atoms with Gasteiger partial charge in [-0.1, -0.05) is 42.4 Å². The first kappa shape index (κ1) is 20.8. The van der Waals surface area contributed by atoms with Gasteiger partial charge in [-0.15, -0.1) is 11.3 Å². The van der Waals surface area contributed by atoms with Gasteiger partial charge in [-0.2, -0.15) is 0 Å². The smallest absolute Gasteiger partial charge is 0.259 e. The van der Waals surface area contributed by atoms with E-state index in [2.05, 4.69) is 32.3 Å². The number of piperidine rings is 1. The first-order valence-electron chi connectivity index (χ1n) is 10.9. The average Bonchev–Trinajstić information content (AvgIpc) is 3.40. The highest BCUT2D eigenvalue weighted by molar-refractivity contribution is 7.14. The first-order chi connectivity index (χ1) is 15.6. The van der Waals surface area contributed by atoms with Gasteiger partial charge >= 0.3 is 0 Å². The number of nitrogens with zero attached hydrogens (tertiary/aromatic N) is 4. The van der Waals surface area contributed by atoms with Crippen molar-refractivity contribution in [3.8, 4) is 11.3 Å². The fraction of sp³-hybridized carbons (Fsp3) is 0.333. The molecule has 0 saturated carbocycles. The number of carbonyl (C=O) groups is 1. The summed E-state index contributed by atoms with van der Waals surface area (Å²) < 4.78 is 5.39. The van der Waals surface area contributed by atoms with Gasteiger partial charge in [0.25, 0.3) is 11.6 Å². The minimum atomic E-state index is -0.242. The van der Waals surface area contributed by atoms with E-state index in [1.54, 1.807) is 6.07 Å². The SMILES string of the molecule is Cc1noc2nc(-c3ccccc3)cc(C(=O)Nc3nc(CN4CCCC(C)C4)cs3)c12. The molecule has 0 aliphatic carbocycles. The normalized spacial score (nSPS) is 17.0. The quantitative estimate of drug-likeness (QED) is 0.456. The van der Waals surface area contributed by atoms with Crippen molar-refractivity contribution < 1.29 is 9.32 Å². The van der Waals surface area contributed by atoms with E-state index in [9.17, 15) is 4.79 Å². The lowest BCUT2D eigenvalue weighted by atomic mass is 10.0. The highest BCUT2D eigenvalue weighted by Crippen LogP contribution is 2.28. The summed E-state index contributed by atoms with van der Waals surface area (Å²) in [6.45, 7) is 7.13. The maximum atomic E-state index is 13.3. The number of pyridine rings is 1. The molecule has 7 nitrogen and oxygen atoms in total. The third kappa shape index (κ3) is 4.28. The zero-order chi connectivity index (χ0) is 22.1. The van der Waals surface area contributed by atoms with E-state index >= 15 is 0 Å². The maximum Gasteiger partial charge on any atom is 0.259 e. The Morgan fingerprint density at radius 2 is 2.12 bits per heavy atom. The van der Waals surface area contributed by atoms with E-state index in [4.69, 9.17) is 4.52 Å². The number of rotatable bonds is 5. The van der Waals surface area contributed by atoms with Gasteiger partial charge in [-0.25, -0.2) is 9.97 Å². The van der Waals surface area contributed by atoms with Crippen molar-refractivity contribution in [2.45, 2.75) is 33.2 Å². The number of anilines is 1. The number of carbonyl (C=O) groups excluding carboxylic acids is 1. The molecule has 4 heterocycles. The van der Waals surface area contributed by atoms with Crippen LogP contribution in [0.4, 0.5) is 5.13 Å². The number of thiazole rings is 1. The number of benzene rings is 1. The Hall–Kier alpha value is -3.10. The fourth-order valence-corrected chi connectivity index (χ4v) is 4.99. The average molecular weight is 448 g/mol. The summed E-state index contributed by atoms with van der Waals surface area (Å²) in [6, 6.07) is 11.5. The lowest BCUT2D eigenvalue weighted by Crippen LogP contribution is -2.33. The van der Waals surface area contributed by atoms with E-state index in [1.807, 2.05) is 42.6 Å². The Labute approximate surface area is 190 Å². The number of aromatic nitrogens is 3. The van der Waals surface area contributed by atoms with Crippen molar-refractivity contribution in [2.75, 3.05) is 18.4 Å². The highest BCUT2D eigenvalue weighted by Gasteiger charge is 2.21. The number of amides is 1. The zero-order valence-corrected chi connectivity index (χ0v) is 19.0. The van der Waals surface area contributed by atoms with E-state index < -0.39 is 0 Å². The molecule has 0 radical (unpaired) electrons. The van der Waals surface area contributed by atoms with Crippen molar-refractivity contribution in [1.29, 1.82) is 0 Å². The monoisotopic (exact) mass is 447 g/mol. The van der Waals surface area contributed by atoms with Gasteiger partial charge in [-0.05, 0) is 38.3 Å². The molecule has 0 spiro atoms. The summed E-state index contributed by atoms with van der Waals surface area (Å²) >= 11 is 1.45. The molecular weight excluding hydrogens is 422 g/mol. The van der Waals surface area contributed by atoms with Crippen LogP contribution in [0.25, 0.3) is 22.4 Å². The predicted octanol–water partition coefficient (Wildman–Crippen LogP) is 5.14. The van der Waals surface area contributed by atoms with Crippen LogP contribution in [-0.2, 0) is 6.54 Å². The Morgan fingerprint density at radius 1 is 1.28 bits per heavy atom. The summed E-state index contributed by atoms with van der Waals surface area (Å²) in [7, 11) is 0. The number of likely N-dealkylation sites (tertiary alicyclic amines) is 1. The largest absolute Gasteiger partial charge is 0.335 e.